The predicted octanol–water partition coefficient (Wildman–Crippen LogP) is 1.98. The van der Waals surface area contributed by atoms with Crippen molar-refractivity contribution in [2.45, 2.75) is 18.9 Å². The van der Waals surface area contributed by atoms with Crippen molar-refractivity contribution >= 4 is 5.91 Å². The number of nitrogens with zero attached hydrogens (tertiary/aromatic N) is 1. The van der Waals surface area contributed by atoms with Gasteiger partial charge in [0.05, 0.1) is 6.10 Å². The van der Waals surface area contributed by atoms with Crippen molar-refractivity contribution in [2.24, 2.45) is 5.92 Å². The van der Waals surface area contributed by atoms with Crippen molar-refractivity contribution in [3.05, 3.63) is 54.4 Å². The first-order valence-electron chi connectivity index (χ1n) is 6.92. The van der Waals surface area contributed by atoms with Crippen LogP contribution in [0.5, 0.6) is 0 Å². The Kier molecular flexibility index (Phi) is 3.56. The fourth-order valence-corrected chi connectivity index (χ4v) is 2.52. The van der Waals surface area contributed by atoms with Gasteiger partial charge in [0.25, 0.3) is 5.91 Å². The Morgan fingerprint density at radius 1 is 1.25 bits per heavy atom. The van der Waals surface area contributed by atoms with Crippen molar-refractivity contribution in [2.75, 3.05) is 6.54 Å². The second kappa shape index (κ2) is 5.51. The van der Waals surface area contributed by atoms with Gasteiger partial charge >= 0.3 is 0 Å². The lowest BCUT2D eigenvalue weighted by atomic mass is 9.82. The number of rotatable bonds is 4. The van der Waals surface area contributed by atoms with Crippen molar-refractivity contribution in [3.63, 3.8) is 0 Å². The Balaban J connectivity index is 1.64. The van der Waals surface area contributed by atoms with E-state index in [0.717, 1.165) is 18.5 Å². The van der Waals surface area contributed by atoms with E-state index >= 15 is 0 Å². The third-order valence-electron chi connectivity index (χ3n) is 3.77. The fourth-order valence-electron chi connectivity index (χ4n) is 2.52. The van der Waals surface area contributed by atoms with Crippen LogP contribution in [-0.2, 0) is 0 Å². The van der Waals surface area contributed by atoms with Gasteiger partial charge in [0, 0.05) is 30.2 Å². The highest BCUT2D eigenvalue weighted by molar-refractivity contribution is 5.94. The van der Waals surface area contributed by atoms with Crippen LogP contribution in [0.15, 0.2) is 48.8 Å². The molecule has 0 spiro atoms. The maximum Gasteiger partial charge on any atom is 0.251 e. The zero-order chi connectivity index (χ0) is 13.9. The third-order valence-corrected chi connectivity index (χ3v) is 3.77. The van der Waals surface area contributed by atoms with E-state index in [2.05, 4.69) is 5.32 Å². The van der Waals surface area contributed by atoms with E-state index in [0.29, 0.717) is 18.0 Å². The molecule has 2 N–H and O–H groups in total. The van der Waals surface area contributed by atoms with Gasteiger partial charge in [0.1, 0.15) is 0 Å². The van der Waals surface area contributed by atoms with E-state index in [4.69, 9.17) is 0 Å². The molecule has 20 heavy (non-hydrogen) atoms. The average molecular weight is 270 g/mol. The number of hydrogen-bond donors (Lipinski definition) is 2. The molecule has 1 fully saturated rings. The quantitative estimate of drug-likeness (QED) is 0.892. The number of aliphatic hydroxyl groups is 1. The number of aliphatic hydroxyl groups excluding tert-OH is 1. The summed E-state index contributed by atoms with van der Waals surface area (Å²) in [6.45, 7) is 0.643. The number of nitrogens with one attached hydrogen (secondary N) is 1. The summed E-state index contributed by atoms with van der Waals surface area (Å²) in [5, 5.41) is 12.2. The van der Waals surface area contributed by atoms with Crippen molar-refractivity contribution < 1.29 is 9.90 Å². The van der Waals surface area contributed by atoms with Gasteiger partial charge < -0.3 is 15.0 Å². The van der Waals surface area contributed by atoms with Crippen LogP contribution in [0.1, 0.15) is 23.2 Å². The minimum atomic E-state index is -0.172. The van der Waals surface area contributed by atoms with E-state index in [1.54, 1.807) is 0 Å². The van der Waals surface area contributed by atoms with E-state index in [1.165, 1.54) is 0 Å². The molecule has 1 heterocycles. The summed E-state index contributed by atoms with van der Waals surface area (Å²) in [5.74, 6) is 0.363. The van der Waals surface area contributed by atoms with Crippen LogP contribution in [-0.4, -0.2) is 28.2 Å². The van der Waals surface area contributed by atoms with Crippen molar-refractivity contribution in [3.8, 4) is 5.69 Å². The molecule has 3 rings (SSSR count). The molecule has 4 heteroatoms. The summed E-state index contributed by atoms with van der Waals surface area (Å²) in [7, 11) is 0. The molecule has 1 amide bonds. The highest BCUT2D eigenvalue weighted by Crippen LogP contribution is 2.26. The molecular weight excluding hydrogens is 252 g/mol. The zero-order valence-electron chi connectivity index (χ0n) is 11.2. The number of benzene rings is 1. The van der Waals surface area contributed by atoms with E-state index in [9.17, 15) is 9.90 Å². The summed E-state index contributed by atoms with van der Waals surface area (Å²) >= 11 is 0. The molecule has 0 unspecified atom stereocenters. The first kappa shape index (κ1) is 12.9. The number of carbonyl (C=O) groups excluding carboxylic acids is 1. The van der Waals surface area contributed by atoms with Crippen molar-refractivity contribution in [1.82, 2.24) is 9.88 Å². The lowest BCUT2D eigenvalue weighted by Crippen LogP contribution is -2.38. The third kappa shape index (κ3) is 2.75. The molecule has 0 radical (unpaired) electrons. The van der Waals surface area contributed by atoms with Crippen LogP contribution in [0, 0.1) is 5.92 Å². The normalized spacial score (nSPS) is 21.2. The van der Waals surface area contributed by atoms with Gasteiger partial charge in [0.2, 0.25) is 0 Å². The van der Waals surface area contributed by atoms with Gasteiger partial charge in [-0.15, -0.1) is 0 Å². The maximum absolute atomic E-state index is 12.1. The van der Waals surface area contributed by atoms with Crippen LogP contribution in [0.2, 0.25) is 0 Å². The number of aromatic nitrogens is 1. The molecule has 4 nitrogen and oxygen atoms in total. The standard InChI is InChI=1S/C16H18N2O2/c19-15-8-12(9-15)11-17-16(20)13-4-3-5-14(10-13)18-6-1-2-7-18/h1-7,10,12,15,19H,8-9,11H2,(H,17,20). The molecule has 1 aliphatic carbocycles. The van der Waals surface area contributed by atoms with Crippen molar-refractivity contribution in [1.29, 1.82) is 0 Å². The first-order chi connectivity index (χ1) is 9.72. The van der Waals surface area contributed by atoms with Gasteiger partial charge in [-0.25, -0.2) is 0 Å². The molecule has 0 atom stereocenters. The lowest BCUT2D eigenvalue weighted by Gasteiger charge is -2.31. The highest BCUT2D eigenvalue weighted by atomic mass is 16.3. The van der Waals surface area contributed by atoms with Gasteiger partial charge in [-0.1, -0.05) is 6.07 Å². The summed E-state index contributed by atoms with van der Waals surface area (Å²) in [4.78, 5) is 12.1. The molecule has 0 aliphatic heterocycles. The Labute approximate surface area is 118 Å². The molecule has 1 aromatic heterocycles. The fraction of sp³-hybridized carbons (Fsp3) is 0.312. The number of carbonyl (C=O) groups is 1. The van der Waals surface area contributed by atoms with E-state index in [1.807, 2.05) is 53.4 Å². The predicted molar refractivity (Wildman–Crippen MR) is 76.8 cm³/mol. The Morgan fingerprint density at radius 2 is 2.00 bits per heavy atom. The SMILES string of the molecule is O=C(NCC1CC(O)C1)c1cccc(-n2cccc2)c1. The van der Waals surface area contributed by atoms with Crippen LogP contribution in [0.4, 0.5) is 0 Å². The Morgan fingerprint density at radius 3 is 2.70 bits per heavy atom. The Hall–Kier alpha value is -2.07. The molecule has 0 saturated heterocycles. The monoisotopic (exact) mass is 270 g/mol. The molecule has 1 aliphatic rings. The summed E-state index contributed by atoms with van der Waals surface area (Å²) in [6.07, 6.45) is 5.32. The number of hydrogen-bond acceptors (Lipinski definition) is 2. The summed E-state index contributed by atoms with van der Waals surface area (Å²) in [5.41, 5.74) is 1.64. The van der Waals surface area contributed by atoms with Crippen LogP contribution < -0.4 is 5.32 Å². The highest BCUT2D eigenvalue weighted by Gasteiger charge is 2.27. The molecular formula is C16H18N2O2. The van der Waals surface area contributed by atoms with Gasteiger partial charge in [-0.3, -0.25) is 4.79 Å². The molecule has 104 valence electrons. The minimum Gasteiger partial charge on any atom is -0.393 e. The first-order valence-corrected chi connectivity index (χ1v) is 6.92. The Bertz CT molecular complexity index is 586. The topological polar surface area (TPSA) is 54.3 Å². The lowest BCUT2D eigenvalue weighted by molar-refractivity contribution is 0.0420. The summed E-state index contributed by atoms with van der Waals surface area (Å²) < 4.78 is 1.97. The largest absolute Gasteiger partial charge is 0.393 e. The van der Waals surface area contributed by atoms with Gasteiger partial charge in [-0.2, -0.15) is 0 Å². The zero-order valence-corrected chi connectivity index (χ0v) is 11.2. The number of amides is 1. The molecule has 0 bridgehead atoms. The van der Waals surface area contributed by atoms with E-state index < -0.39 is 0 Å². The van der Waals surface area contributed by atoms with Gasteiger partial charge in [0.15, 0.2) is 0 Å². The summed E-state index contributed by atoms with van der Waals surface area (Å²) in [6, 6.07) is 11.5. The van der Waals surface area contributed by atoms with E-state index in [-0.39, 0.29) is 12.0 Å². The maximum atomic E-state index is 12.1. The molecule has 2 aromatic rings. The van der Waals surface area contributed by atoms with Gasteiger partial charge in [-0.05, 0) is 49.1 Å². The second-order valence-corrected chi connectivity index (χ2v) is 5.34. The average Bonchev–Trinajstić information content (AvgIpc) is 2.96. The molecule has 1 aromatic carbocycles. The van der Waals surface area contributed by atoms with Crippen LogP contribution >= 0.6 is 0 Å². The second-order valence-electron chi connectivity index (χ2n) is 5.34. The van der Waals surface area contributed by atoms with Crippen LogP contribution in [0.3, 0.4) is 0 Å². The molecule has 1 saturated carbocycles. The smallest absolute Gasteiger partial charge is 0.251 e. The minimum absolute atomic E-state index is 0.0552. The van der Waals surface area contributed by atoms with Crippen LogP contribution in [0.25, 0.3) is 5.69 Å².